The van der Waals surface area contributed by atoms with Crippen LogP contribution in [0.4, 0.5) is 5.13 Å². The lowest BCUT2D eigenvalue weighted by Gasteiger charge is -2.43. The van der Waals surface area contributed by atoms with Gasteiger partial charge in [0, 0.05) is 23.9 Å². The molecule has 0 aliphatic carbocycles. The van der Waals surface area contributed by atoms with E-state index in [1.165, 1.54) is 22.7 Å². The number of ether oxygens (including phenoxy) is 1. The number of thiazole rings is 1. The topological polar surface area (TPSA) is 280 Å². The van der Waals surface area contributed by atoms with Crippen molar-refractivity contribution in [2.75, 3.05) is 25.4 Å². The number of nitrogens with zero attached hydrogens (tertiary/aromatic N) is 7. The zero-order chi connectivity index (χ0) is 33.7. The molecule has 2 fully saturated rings. The molecule has 0 saturated carbocycles. The molecule has 4 atom stereocenters. The molecule has 5 rings (SSSR count). The highest BCUT2D eigenvalue weighted by atomic mass is 32.2. The number of nitrogen functional groups attached to an aromatic ring is 1. The Hall–Kier alpha value is -4.99. The summed E-state index contributed by atoms with van der Waals surface area (Å²) in [6, 6.07) is 5.44. The third-order valence-electron chi connectivity index (χ3n) is 7.28. The second-order valence-electron chi connectivity index (χ2n) is 10.5. The van der Waals surface area contributed by atoms with Crippen LogP contribution in [0.3, 0.4) is 0 Å². The van der Waals surface area contributed by atoms with Gasteiger partial charge in [-0.3, -0.25) is 23.8 Å². The van der Waals surface area contributed by atoms with Crippen molar-refractivity contribution in [2.24, 2.45) is 21.8 Å². The van der Waals surface area contributed by atoms with Crippen LogP contribution < -0.4 is 21.5 Å². The summed E-state index contributed by atoms with van der Waals surface area (Å²) in [6.07, 6.45) is 1.07. The Morgan fingerprint density at radius 1 is 1.26 bits per heavy atom. The number of benzene rings is 1. The number of carbonyl (C=O) groups excluding carboxylic acids is 2. The van der Waals surface area contributed by atoms with Gasteiger partial charge in [-0.15, -0.1) is 11.3 Å². The number of oxime groups is 1. The number of hydrogen-bond donors (Lipinski definition) is 5. The fraction of sp³-hybridized carbons (Fsp3) is 0.385. The number of nitrogens with one attached hydrogen (secondary N) is 1. The first-order chi connectivity index (χ1) is 22.4. The summed E-state index contributed by atoms with van der Waals surface area (Å²) in [5.74, 6) is -3.87. The average molecular weight is 691 g/mol. The highest BCUT2D eigenvalue weighted by molar-refractivity contribution is 7.84. The van der Waals surface area contributed by atoms with Gasteiger partial charge in [-0.05, 0) is 37.2 Å². The highest BCUT2D eigenvalue weighted by Gasteiger charge is 2.54. The quantitative estimate of drug-likeness (QED) is 0.0417. The van der Waals surface area contributed by atoms with E-state index in [4.69, 9.17) is 21.0 Å². The molecule has 2 aliphatic heterocycles. The number of carbonyl (C=O) groups is 3. The maximum atomic E-state index is 13.5. The molecule has 2 aliphatic rings. The van der Waals surface area contributed by atoms with Crippen LogP contribution >= 0.6 is 11.3 Å². The lowest BCUT2D eigenvalue weighted by atomic mass is 9.84. The van der Waals surface area contributed by atoms with Gasteiger partial charge in [-0.1, -0.05) is 5.16 Å². The molecular weight excluding hydrogens is 660 g/mol. The minimum absolute atomic E-state index is 0.0583. The van der Waals surface area contributed by atoms with E-state index in [0.29, 0.717) is 17.1 Å². The van der Waals surface area contributed by atoms with Crippen molar-refractivity contribution in [3.05, 3.63) is 53.6 Å². The average Bonchev–Trinajstić information content (AvgIpc) is 3.81. The second-order valence-corrected chi connectivity index (χ2v) is 12.6. The van der Waals surface area contributed by atoms with Crippen LogP contribution in [0.25, 0.3) is 0 Å². The lowest BCUT2D eigenvalue weighted by Crippen LogP contribution is -2.64. The standard InChI is InChI=1S/C26H30N10O9S2/c27-23(32-15-5-6-29-8-15)14-1-3-16(4-2-14)44-10-21(25(39)40)45-34-22(18-11-46-26(28)33-18)20(37)7-17-19(9-35-13-30-12-31-35)36(24(17)38)47(41,42)43/h1-4,11-13,15,17,19,21,29H,5-10H2,(H2,27,32)(H2,28,33)(H,39,40)(H,41,42,43)/b34-22-/t15-,17-,19+,21-/m0/s1. The Morgan fingerprint density at radius 3 is 2.62 bits per heavy atom. The molecule has 1 aromatic carbocycles. The molecule has 2 saturated heterocycles. The zero-order valence-electron chi connectivity index (χ0n) is 24.4. The molecular formula is C26H30N10O9S2. The molecule has 21 heteroatoms. The number of hydrogen-bond acceptors (Lipinski definition) is 15. The van der Waals surface area contributed by atoms with Gasteiger partial charge < -0.3 is 31.5 Å². The monoisotopic (exact) mass is 690 g/mol. The maximum Gasteiger partial charge on any atom is 0.362 e. The molecule has 1 amide bonds. The largest absolute Gasteiger partial charge is 0.489 e. The van der Waals surface area contributed by atoms with E-state index in [-0.39, 0.29) is 27.7 Å². The summed E-state index contributed by atoms with van der Waals surface area (Å²) in [5, 5.41) is 22.0. The number of anilines is 1. The zero-order valence-corrected chi connectivity index (χ0v) is 26.1. The van der Waals surface area contributed by atoms with E-state index in [1.807, 2.05) is 0 Å². The first-order valence-corrected chi connectivity index (χ1v) is 16.3. The van der Waals surface area contributed by atoms with E-state index < -0.39 is 64.8 Å². The lowest BCUT2D eigenvalue weighted by molar-refractivity contribution is -0.152. The van der Waals surface area contributed by atoms with Crippen LogP contribution in [0, 0.1) is 5.92 Å². The van der Waals surface area contributed by atoms with Crippen molar-refractivity contribution in [1.29, 1.82) is 0 Å². The summed E-state index contributed by atoms with van der Waals surface area (Å²) >= 11 is 0.967. The number of aliphatic carboxylic acids is 1. The summed E-state index contributed by atoms with van der Waals surface area (Å²) < 4.78 is 40.3. The van der Waals surface area contributed by atoms with Crippen LogP contribution in [-0.4, -0.2) is 109 Å². The SMILES string of the molecule is NC(=N[C@H]1CCNC1)c1ccc(OC[C@H](O/N=C(\C(=O)C[C@@H]2C(=O)N(S(=O)(=O)O)[C@@H]2Cn2cncn2)c2csc(N)n2)C(=O)O)cc1. The third-order valence-corrected chi connectivity index (χ3v) is 8.90. The van der Waals surface area contributed by atoms with Crippen molar-refractivity contribution >= 4 is 56.0 Å². The van der Waals surface area contributed by atoms with E-state index >= 15 is 0 Å². The molecule has 250 valence electrons. The number of amides is 1. The Kier molecular flexibility index (Phi) is 10.1. The Bertz CT molecular complexity index is 1770. The fourth-order valence-corrected chi connectivity index (χ4v) is 6.38. The van der Waals surface area contributed by atoms with Gasteiger partial charge in [0.1, 0.15) is 36.5 Å². The van der Waals surface area contributed by atoms with Crippen molar-refractivity contribution in [3.63, 3.8) is 0 Å². The van der Waals surface area contributed by atoms with Crippen molar-refractivity contribution in [2.45, 2.75) is 37.6 Å². The number of β-lactam (4-membered cyclic amide) rings is 1. The minimum Gasteiger partial charge on any atom is -0.489 e. The number of carboxylic acids is 1. The van der Waals surface area contributed by atoms with Crippen LogP contribution in [0.2, 0.25) is 0 Å². The van der Waals surface area contributed by atoms with Crippen molar-refractivity contribution < 1.29 is 42.0 Å². The van der Waals surface area contributed by atoms with Gasteiger partial charge in [-0.25, -0.2) is 19.1 Å². The van der Waals surface area contributed by atoms with Crippen molar-refractivity contribution in [1.82, 2.24) is 29.4 Å². The van der Waals surface area contributed by atoms with Gasteiger partial charge in [-0.2, -0.15) is 13.5 Å². The molecule has 0 unspecified atom stereocenters. The number of aliphatic imine (C=N–C) groups is 1. The van der Waals surface area contributed by atoms with Gasteiger partial charge >= 0.3 is 16.3 Å². The molecule has 2 aromatic heterocycles. The molecule has 7 N–H and O–H groups in total. The Balaban J connectivity index is 1.28. The number of amidine groups is 1. The number of rotatable bonds is 15. The van der Waals surface area contributed by atoms with Gasteiger partial charge in [0.25, 0.3) is 6.10 Å². The van der Waals surface area contributed by atoms with E-state index in [2.05, 4.69) is 30.5 Å². The fourth-order valence-electron chi connectivity index (χ4n) is 4.91. The maximum absolute atomic E-state index is 13.5. The van der Waals surface area contributed by atoms with Crippen LogP contribution in [-0.2, 0) is 36.1 Å². The van der Waals surface area contributed by atoms with Crippen LogP contribution in [0.15, 0.2) is 52.4 Å². The Labute approximate surface area is 271 Å². The normalized spacial score (nSPS) is 20.9. The molecule has 4 heterocycles. The van der Waals surface area contributed by atoms with Crippen LogP contribution in [0.1, 0.15) is 24.1 Å². The number of ketones is 1. The van der Waals surface area contributed by atoms with Gasteiger partial charge in [0.05, 0.1) is 24.5 Å². The first kappa shape index (κ1) is 33.4. The molecule has 3 aromatic rings. The van der Waals surface area contributed by atoms with Crippen LogP contribution in [0.5, 0.6) is 5.75 Å². The number of Topliss-reactive ketones (excluding diaryl/α,β-unsaturated/α-hetero) is 1. The summed E-state index contributed by atoms with van der Waals surface area (Å²) in [5.41, 5.74) is 12.0. The molecule has 47 heavy (non-hydrogen) atoms. The molecule has 19 nitrogen and oxygen atoms in total. The Morgan fingerprint density at radius 2 is 2.02 bits per heavy atom. The number of nitrogens with two attached hydrogens (primary N) is 2. The number of carboxylic acid groups (broad SMARTS) is 1. The smallest absolute Gasteiger partial charge is 0.362 e. The first-order valence-electron chi connectivity index (χ1n) is 14.0. The molecule has 0 bridgehead atoms. The van der Waals surface area contributed by atoms with E-state index in [1.54, 1.807) is 24.3 Å². The number of aromatic nitrogens is 4. The van der Waals surface area contributed by atoms with Gasteiger partial charge in [0.2, 0.25) is 5.91 Å². The summed E-state index contributed by atoms with van der Waals surface area (Å²) in [6.45, 7) is 0.910. The highest BCUT2D eigenvalue weighted by Crippen LogP contribution is 2.33. The molecule has 0 radical (unpaired) electrons. The van der Waals surface area contributed by atoms with Crippen molar-refractivity contribution in [3.8, 4) is 5.75 Å². The van der Waals surface area contributed by atoms with E-state index in [9.17, 15) is 32.5 Å². The summed E-state index contributed by atoms with van der Waals surface area (Å²) in [4.78, 5) is 55.7. The predicted octanol–water partition coefficient (Wildman–Crippen LogP) is -1.07. The predicted molar refractivity (Wildman–Crippen MR) is 165 cm³/mol. The van der Waals surface area contributed by atoms with Gasteiger partial charge in [0.15, 0.2) is 16.6 Å². The second kappa shape index (κ2) is 14.2. The van der Waals surface area contributed by atoms with E-state index in [0.717, 1.165) is 30.8 Å². The third kappa shape index (κ3) is 8.06. The molecule has 0 spiro atoms. The minimum atomic E-state index is -4.94. The summed E-state index contributed by atoms with van der Waals surface area (Å²) in [7, 11) is -4.94.